The topological polar surface area (TPSA) is 76.9 Å². The molecule has 23 heavy (non-hydrogen) atoms. The van der Waals surface area contributed by atoms with Gasteiger partial charge in [0, 0.05) is 29.6 Å². The second kappa shape index (κ2) is 6.61. The van der Waals surface area contributed by atoms with Crippen LogP contribution in [0.1, 0.15) is 5.56 Å². The molecule has 3 rings (SSSR count). The SMILES string of the molecule is O=S(=O)(NCc1ccnc(-n2cccn2)c1)c1ccc(Br)cc1. The second-order valence-corrected chi connectivity index (χ2v) is 7.43. The summed E-state index contributed by atoms with van der Waals surface area (Å²) in [7, 11) is -3.56. The molecule has 6 nitrogen and oxygen atoms in total. The van der Waals surface area contributed by atoms with Crippen molar-refractivity contribution in [1.29, 1.82) is 0 Å². The quantitative estimate of drug-likeness (QED) is 0.723. The van der Waals surface area contributed by atoms with Crippen molar-refractivity contribution in [3.05, 3.63) is 71.1 Å². The van der Waals surface area contributed by atoms with E-state index in [1.54, 1.807) is 65.7 Å². The lowest BCUT2D eigenvalue weighted by molar-refractivity contribution is 0.581. The maximum absolute atomic E-state index is 12.3. The summed E-state index contributed by atoms with van der Waals surface area (Å²) in [5, 5.41) is 4.10. The first-order valence-electron chi connectivity index (χ1n) is 6.75. The highest BCUT2D eigenvalue weighted by molar-refractivity contribution is 9.10. The minimum Gasteiger partial charge on any atom is -0.237 e. The average molecular weight is 393 g/mol. The van der Waals surface area contributed by atoms with Gasteiger partial charge in [0.25, 0.3) is 0 Å². The lowest BCUT2D eigenvalue weighted by atomic mass is 10.2. The Morgan fingerprint density at radius 3 is 2.61 bits per heavy atom. The molecule has 0 unspecified atom stereocenters. The number of pyridine rings is 1. The molecule has 0 saturated heterocycles. The van der Waals surface area contributed by atoms with E-state index >= 15 is 0 Å². The third kappa shape index (κ3) is 3.84. The number of benzene rings is 1. The predicted octanol–water partition coefficient (Wildman–Crippen LogP) is 2.51. The first-order chi connectivity index (χ1) is 11.0. The van der Waals surface area contributed by atoms with E-state index in [1.807, 2.05) is 0 Å². The summed E-state index contributed by atoms with van der Waals surface area (Å²) in [5.74, 6) is 0.635. The van der Waals surface area contributed by atoms with Gasteiger partial charge < -0.3 is 0 Å². The monoisotopic (exact) mass is 392 g/mol. The molecule has 0 atom stereocenters. The molecule has 0 aliphatic rings. The van der Waals surface area contributed by atoms with Crippen LogP contribution in [-0.2, 0) is 16.6 Å². The van der Waals surface area contributed by atoms with Crippen molar-refractivity contribution in [2.24, 2.45) is 0 Å². The summed E-state index contributed by atoms with van der Waals surface area (Å²) in [6.45, 7) is 0.176. The van der Waals surface area contributed by atoms with E-state index in [1.165, 1.54) is 0 Å². The third-order valence-corrected chi connectivity index (χ3v) is 5.09. The zero-order valence-corrected chi connectivity index (χ0v) is 14.3. The minimum atomic E-state index is -3.56. The Hall–Kier alpha value is -2.03. The van der Waals surface area contributed by atoms with Crippen molar-refractivity contribution in [2.75, 3.05) is 0 Å². The van der Waals surface area contributed by atoms with Crippen molar-refractivity contribution in [2.45, 2.75) is 11.4 Å². The van der Waals surface area contributed by atoms with Gasteiger partial charge in [-0.2, -0.15) is 5.10 Å². The van der Waals surface area contributed by atoms with Crippen LogP contribution in [0.4, 0.5) is 0 Å². The molecule has 0 aliphatic carbocycles. The van der Waals surface area contributed by atoms with E-state index in [0.29, 0.717) is 5.82 Å². The Bertz CT molecular complexity index is 893. The molecule has 1 N–H and O–H groups in total. The maximum Gasteiger partial charge on any atom is 0.240 e. The summed E-state index contributed by atoms with van der Waals surface area (Å²) < 4.78 is 29.6. The molecule has 0 bridgehead atoms. The molecule has 8 heteroatoms. The first-order valence-corrected chi connectivity index (χ1v) is 9.02. The van der Waals surface area contributed by atoms with Crippen LogP contribution >= 0.6 is 15.9 Å². The van der Waals surface area contributed by atoms with Crippen LogP contribution in [0, 0.1) is 0 Å². The van der Waals surface area contributed by atoms with Gasteiger partial charge in [-0.25, -0.2) is 22.8 Å². The molecule has 0 aliphatic heterocycles. The number of sulfonamides is 1. The zero-order chi connectivity index (χ0) is 16.3. The Morgan fingerprint density at radius 2 is 1.91 bits per heavy atom. The number of nitrogens with zero attached hydrogens (tertiary/aromatic N) is 3. The molecule has 0 amide bonds. The summed E-state index contributed by atoms with van der Waals surface area (Å²) >= 11 is 3.28. The zero-order valence-electron chi connectivity index (χ0n) is 11.9. The van der Waals surface area contributed by atoms with Crippen molar-refractivity contribution in [3.8, 4) is 5.82 Å². The molecule has 0 spiro atoms. The van der Waals surface area contributed by atoms with Crippen molar-refractivity contribution in [1.82, 2.24) is 19.5 Å². The average Bonchev–Trinajstić information content (AvgIpc) is 3.08. The molecule has 1 aromatic carbocycles. The summed E-state index contributed by atoms with van der Waals surface area (Å²) in [6.07, 6.45) is 5.06. The third-order valence-electron chi connectivity index (χ3n) is 3.14. The Morgan fingerprint density at radius 1 is 1.13 bits per heavy atom. The van der Waals surface area contributed by atoms with Crippen LogP contribution in [0.25, 0.3) is 5.82 Å². The predicted molar refractivity (Wildman–Crippen MR) is 89.5 cm³/mol. The van der Waals surface area contributed by atoms with Gasteiger partial charge in [0.2, 0.25) is 10.0 Å². The number of rotatable bonds is 5. The maximum atomic E-state index is 12.3. The van der Waals surface area contributed by atoms with Gasteiger partial charge in [0.05, 0.1) is 4.90 Å². The van der Waals surface area contributed by atoms with E-state index in [4.69, 9.17) is 0 Å². The normalized spacial score (nSPS) is 11.5. The highest BCUT2D eigenvalue weighted by atomic mass is 79.9. The van der Waals surface area contributed by atoms with Crippen LogP contribution in [0.5, 0.6) is 0 Å². The molecule has 3 aromatic rings. The minimum absolute atomic E-state index is 0.176. The fraction of sp³-hybridized carbons (Fsp3) is 0.0667. The molecule has 0 saturated carbocycles. The van der Waals surface area contributed by atoms with E-state index in [-0.39, 0.29) is 11.4 Å². The molecule has 2 aromatic heterocycles. The number of hydrogen-bond acceptors (Lipinski definition) is 4. The van der Waals surface area contributed by atoms with Gasteiger partial charge >= 0.3 is 0 Å². The van der Waals surface area contributed by atoms with E-state index in [0.717, 1.165) is 10.0 Å². The molecular weight excluding hydrogens is 380 g/mol. The molecule has 2 heterocycles. The molecule has 118 valence electrons. The van der Waals surface area contributed by atoms with Gasteiger partial charge in [0.15, 0.2) is 5.82 Å². The van der Waals surface area contributed by atoms with Crippen LogP contribution < -0.4 is 4.72 Å². The van der Waals surface area contributed by atoms with Gasteiger partial charge in [-0.15, -0.1) is 0 Å². The fourth-order valence-electron chi connectivity index (χ4n) is 1.98. The van der Waals surface area contributed by atoms with Crippen LogP contribution in [0.15, 0.2) is 70.4 Å². The lowest BCUT2D eigenvalue weighted by Gasteiger charge is -2.08. The Kier molecular flexibility index (Phi) is 4.56. The number of nitrogens with one attached hydrogen (secondary N) is 1. The highest BCUT2D eigenvalue weighted by Gasteiger charge is 2.13. The number of halogens is 1. The van der Waals surface area contributed by atoms with Gasteiger partial charge in [-0.05, 0) is 48.0 Å². The summed E-state index contributed by atoms with van der Waals surface area (Å²) in [6, 6.07) is 11.8. The van der Waals surface area contributed by atoms with Gasteiger partial charge in [-0.3, -0.25) is 0 Å². The first kappa shape index (κ1) is 15.9. The van der Waals surface area contributed by atoms with Crippen LogP contribution in [-0.4, -0.2) is 23.2 Å². The standard InChI is InChI=1S/C15H13BrN4O2S/c16-13-2-4-14(5-3-13)23(21,22)19-11-12-6-8-17-15(10-12)20-9-1-7-18-20/h1-10,19H,11H2. The smallest absolute Gasteiger partial charge is 0.237 e. The van der Waals surface area contributed by atoms with Crippen molar-refractivity contribution in [3.63, 3.8) is 0 Å². The molecular formula is C15H13BrN4O2S. The second-order valence-electron chi connectivity index (χ2n) is 4.75. The number of hydrogen-bond donors (Lipinski definition) is 1. The van der Waals surface area contributed by atoms with Gasteiger partial charge in [0.1, 0.15) is 0 Å². The summed E-state index contributed by atoms with van der Waals surface area (Å²) in [4.78, 5) is 4.44. The van der Waals surface area contributed by atoms with Gasteiger partial charge in [-0.1, -0.05) is 15.9 Å². The number of aromatic nitrogens is 3. The Labute approximate surface area is 142 Å². The van der Waals surface area contributed by atoms with Crippen molar-refractivity contribution >= 4 is 26.0 Å². The molecule has 0 radical (unpaired) electrons. The Balaban J connectivity index is 1.75. The molecule has 0 fully saturated rings. The van der Waals surface area contributed by atoms with Crippen LogP contribution in [0.3, 0.4) is 0 Å². The van der Waals surface area contributed by atoms with E-state index < -0.39 is 10.0 Å². The largest absolute Gasteiger partial charge is 0.240 e. The summed E-state index contributed by atoms with van der Waals surface area (Å²) in [5.41, 5.74) is 0.797. The van der Waals surface area contributed by atoms with E-state index in [9.17, 15) is 8.42 Å². The highest BCUT2D eigenvalue weighted by Crippen LogP contribution is 2.15. The fourth-order valence-corrected chi connectivity index (χ4v) is 3.26. The lowest BCUT2D eigenvalue weighted by Crippen LogP contribution is -2.23. The van der Waals surface area contributed by atoms with E-state index in [2.05, 4.69) is 30.7 Å². The van der Waals surface area contributed by atoms with Crippen LogP contribution in [0.2, 0.25) is 0 Å². The van der Waals surface area contributed by atoms with Crippen molar-refractivity contribution < 1.29 is 8.42 Å².